The summed E-state index contributed by atoms with van der Waals surface area (Å²) in [5, 5.41) is 10.2. The molecule has 0 aromatic heterocycles. The lowest BCUT2D eigenvalue weighted by Crippen LogP contribution is -2.27. The fraction of sp³-hybridized carbons (Fsp3) is 0.158. The van der Waals surface area contributed by atoms with Gasteiger partial charge in [-0.1, -0.05) is 42.2 Å². The zero-order chi connectivity index (χ0) is 19.0. The summed E-state index contributed by atoms with van der Waals surface area (Å²) in [5.41, 5.74) is 1.39. The normalized spacial score (nSPS) is 17.1. The third-order valence-corrected chi connectivity index (χ3v) is 5.57. The summed E-state index contributed by atoms with van der Waals surface area (Å²) in [6.07, 6.45) is 1.62. The van der Waals surface area contributed by atoms with Gasteiger partial charge in [0.05, 0.1) is 18.6 Å². The van der Waals surface area contributed by atoms with E-state index in [-0.39, 0.29) is 18.4 Å². The Morgan fingerprint density at radius 2 is 2.11 bits per heavy atom. The van der Waals surface area contributed by atoms with E-state index in [0.29, 0.717) is 38.6 Å². The van der Waals surface area contributed by atoms with Crippen molar-refractivity contribution >= 4 is 40.3 Å². The molecule has 0 aliphatic carbocycles. The number of phenols is 1. The highest BCUT2D eigenvalue weighted by Crippen LogP contribution is 2.38. The zero-order valence-electron chi connectivity index (χ0n) is 14.3. The summed E-state index contributed by atoms with van der Waals surface area (Å²) in [5.74, 6) is 1.48. The van der Waals surface area contributed by atoms with Crippen LogP contribution >= 0.6 is 24.0 Å². The number of aromatic hydroxyl groups is 1. The molecule has 1 amide bonds. The van der Waals surface area contributed by atoms with E-state index in [1.165, 1.54) is 23.8 Å². The first-order valence-corrected chi connectivity index (χ1v) is 9.29. The fourth-order valence-electron chi connectivity index (χ4n) is 2.82. The molecular formula is C19H15NO5S2. The molecule has 2 aliphatic rings. The second kappa shape index (κ2) is 7.13. The van der Waals surface area contributed by atoms with Gasteiger partial charge in [-0.2, -0.15) is 0 Å². The molecule has 4 rings (SSSR count). The van der Waals surface area contributed by atoms with Crippen molar-refractivity contribution in [1.29, 1.82) is 0 Å². The molecule has 0 bridgehead atoms. The smallest absolute Gasteiger partial charge is 0.266 e. The van der Waals surface area contributed by atoms with Crippen molar-refractivity contribution in [3.8, 4) is 23.0 Å². The molecule has 1 fully saturated rings. The number of hydrogen-bond acceptors (Lipinski definition) is 7. The molecule has 2 aromatic carbocycles. The third kappa shape index (κ3) is 3.33. The predicted octanol–water partition coefficient (Wildman–Crippen LogP) is 3.53. The van der Waals surface area contributed by atoms with E-state index in [2.05, 4.69) is 0 Å². The quantitative estimate of drug-likeness (QED) is 0.621. The first-order chi connectivity index (χ1) is 13.1. The lowest BCUT2D eigenvalue weighted by molar-refractivity contribution is -0.122. The molecule has 6 nitrogen and oxygen atoms in total. The fourth-order valence-corrected chi connectivity index (χ4v) is 4.07. The molecule has 0 radical (unpaired) electrons. The van der Waals surface area contributed by atoms with Gasteiger partial charge >= 0.3 is 0 Å². The largest absolute Gasteiger partial charge is 0.504 e. The Kier molecular flexibility index (Phi) is 4.67. The Morgan fingerprint density at radius 1 is 1.30 bits per heavy atom. The number of benzene rings is 2. The molecule has 1 saturated heterocycles. The SMILES string of the molecule is COc1cccc(/C=C2\SC(=S)N(Cc3ccc4c(c3)OCO4)C2=O)c1O. The van der Waals surface area contributed by atoms with Crippen molar-refractivity contribution < 1.29 is 24.1 Å². The first-order valence-electron chi connectivity index (χ1n) is 8.06. The van der Waals surface area contributed by atoms with Crippen LogP contribution in [0, 0.1) is 0 Å². The summed E-state index contributed by atoms with van der Waals surface area (Å²) >= 11 is 6.58. The van der Waals surface area contributed by atoms with Crippen LogP contribution in [0.3, 0.4) is 0 Å². The Balaban J connectivity index is 1.57. The number of thiocarbonyl (C=S) groups is 1. The van der Waals surface area contributed by atoms with Gasteiger partial charge in [-0.15, -0.1) is 0 Å². The monoisotopic (exact) mass is 401 g/mol. The minimum Gasteiger partial charge on any atom is -0.504 e. The Hall–Kier alpha value is -2.71. The third-order valence-electron chi connectivity index (χ3n) is 4.19. The van der Waals surface area contributed by atoms with Gasteiger partial charge in [0.1, 0.15) is 4.32 Å². The molecule has 2 aliphatic heterocycles. The zero-order valence-corrected chi connectivity index (χ0v) is 15.9. The number of thioether (sulfide) groups is 1. The molecule has 8 heteroatoms. The Morgan fingerprint density at radius 3 is 2.93 bits per heavy atom. The number of ether oxygens (including phenoxy) is 3. The van der Waals surface area contributed by atoms with E-state index >= 15 is 0 Å². The van der Waals surface area contributed by atoms with E-state index < -0.39 is 0 Å². The van der Waals surface area contributed by atoms with Crippen LogP contribution in [0.1, 0.15) is 11.1 Å². The molecule has 0 saturated carbocycles. The summed E-state index contributed by atoms with van der Waals surface area (Å²) in [6.45, 7) is 0.537. The summed E-state index contributed by atoms with van der Waals surface area (Å²) in [6, 6.07) is 10.7. The van der Waals surface area contributed by atoms with E-state index in [0.717, 1.165) is 5.56 Å². The van der Waals surface area contributed by atoms with Gasteiger partial charge in [-0.3, -0.25) is 9.69 Å². The number of fused-ring (bicyclic) bond motifs is 1. The van der Waals surface area contributed by atoms with Crippen LogP contribution in [-0.4, -0.2) is 34.1 Å². The number of phenolic OH excluding ortho intramolecular Hbond substituents is 1. The van der Waals surface area contributed by atoms with Crippen LogP contribution < -0.4 is 14.2 Å². The second-order valence-electron chi connectivity index (χ2n) is 5.85. The van der Waals surface area contributed by atoms with E-state index in [1.807, 2.05) is 18.2 Å². The molecule has 1 N–H and O–H groups in total. The summed E-state index contributed by atoms with van der Waals surface area (Å²) in [4.78, 5) is 14.8. The highest BCUT2D eigenvalue weighted by Gasteiger charge is 2.32. The van der Waals surface area contributed by atoms with Gasteiger partial charge in [0.25, 0.3) is 5.91 Å². The van der Waals surface area contributed by atoms with Crippen molar-refractivity contribution in [2.24, 2.45) is 0 Å². The van der Waals surface area contributed by atoms with Crippen LogP contribution in [0.5, 0.6) is 23.0 Å². The molecule has 2 aromatic rings. The first kappa shape index (κ1) is 17.7. The maximum atomic E-state index is 12.8. The summed E-state index contributed by atoms with van der Waals surface area (Å²) in [7, 11) is 1.48. The lowest BCUT2D eigenvalue weighted by atomic mass is 10.1. The maximum absolute atomic E-state index is 12.8. The highest BCUT2D eigenvalue weighted by atomic mass is 32.2. The van der Waals surface area contributed by atoms with Crippen molar-refractivity contribution in [2.45, 2.75) is 6.54 Å². The van der Waals surface area contributed by atoms with Crippen LogP contribution in [-0.2, 0) is 11.3 Å². The lowest BCUT2D eigenvalue weighted by Gasteiger charge is -2.14. The standard InChI is InChI=1S/C19H15NO5S2/c1-23-14-4-2-3-12(17(14)21)8-16-18(22)20(19(26)27-16)9-11-5-6-13-15(7-11)25-10-24-13/h2-8,21H,9-10H2,1H3/b16-8-. The van der Waals surface area contributed by atoms with Crippen LogP contribution in [0.2, 0.25) is 0 Å². The number of para-hydroxylation sites is 1. The van der Waals surface area contributed by atoms with Crippen molar-refractivity contribution in [3.05, 3.63) is 52.4 Å². The number of carbonyl (C=O) groups is 1. The molecule has 2 heterocycles. The van der Waals surface area contributed by atoms with Gasteiger partial charge in [-0.05, 0) is 29.8 Å². The average Bonchev–Trinajstić information content (AvgIpc) is 3.23. The van der Waals surface area contributed by atoms with Crippen molar-refractivity contribution in [3.63, 3.8) is 0 Å². The molecule has 0 spiro atoms. The molecule has 0 atom stereocenters. The maximum Gasteiger partial charge on any atom is 0.266 e. The van der Waals surface area contributed by atoms with E-state index in [9.17, 15) is 9.90 Å². The van der Waals surface area contributed by atoms with Crippen molar-refractivity contribution in [2.75, 3.05) is 13.9 Å². The van der Waals surface area contributed by atoms with Gasteiger partial charge < -0.3 is 19.3 Å². The predicted molar refractivity (Wildman–Crippen MR) is 106 cm³/mol. The number of carbonyl (C=O) groups excluding carboxylic acids is 1. The van der Waals surface area contributed by atoms with E-state index in [1.54, 1.807) is 24.3 Å². The minimum absolute atomic E-state index is 0.0129. The van der Waals surface area contributed by atoms with Crippen LogP contribution in [0.4, 0.5) is 0 Å². The Bertz CT molecular complexity index is 973. The van der Waals surface area contributed by atoms with Crippen LogP contribution in [0.15, 0.2) is 41.3 Å². The molecule has 138 valence electrons. The van der Waals surface area contributed by atoms with Crippen LogP contribution in [0.25, 0.3) is 6.08 Å². The topological polar surface area (TPSA) is 68.2 Å². The minimum atomic E-state index is -0.204. The van der Waals surface area contributed by atoms with Gasteiger partial charge in [0.15, 0.2) is 23.0 Å². The number of hydrogen-bond donors (Lipinski definition) is 1. The second-order valence-corrected chi connectivity index (χ2v) is 7.53. The van der Waals surface area contributed by atoms with Gasteiger partial charge in [-0.25, -0.2) is 0 Å². The van der Waals surface area contributed by atoms with Gasteiger partial charge in [0.2, 0.25) is 6.79 Å². The highest BCUT2D eigenvalue weighted by molar-refractivity contribution is 8.26. The average molecular weight is 401 g/mol. The molecular weight excluding hydrogens is 386 g/mol. The number of methoxy groups -OCH3 is 1. The number of rotatable bonds is 4. The number of amides is 1. The van der Waals surface area contributed by atoms with E-state index in [4.69, 9.17) is 26.4 Å². The molecule has 0 unspecified atom stereocenters. The molecule has 27 heavy (non-hydrogen) atoms. The summed E-state index contributed by atoms with van der Waals surface area (Å²) < 4.78 is 16.3. The van der Waals surface area contributed by atoms with Crippen molar-refractivity contribution in [1.82, 2.24) is 4.90 Å². The number of nitrogens with zero attached hydrogens (tertiary/aromatic N) is 1. The van der Waals surface area contributed by atoms with Gasteiger partial charge in [0, 0.05) is 5.56 Å². The Labute approximate surface area is 165 Å².